The van der Waals surface area contributed by atoms with Gasteiger partial charge in [-0.3, -0.25) is 4.79 Å². The summed E-state index contributed by atoms with van der Waals surface area (Å²) in [6.07, 6.45) is -0.0283. The van der Waals surface area contributed by atoms with Crippen LogP contribution in [0.15, 0.2) is 91.0 Å². The zero-order valence-corrected chi connectivity index (χ0v) is 18.7. The van der Waals surface area contributed by atoms with Gasteiger partial charge in [0.05, 0.1) is 6.04 Å². The molecule has 2 amide bonds. The van der Waals surface area contributed by atoms with Crippen molar-refractivity contribution >= 4 is 18.0 Å². The Hall–Kier alpha value is -4.17. The lowest BCUT2D eigenvalue weighted by atomic mass is 10.1. The Kier molecular flexibility index (Phi) is 10.8. The van der Waals surface area contributed by atoms with E-state index in [1.165, 1.54) is 0 Å². The van der Waals surface area contributed by atoms with Crippen molar-refractivity contribution in [3.63, 3.8) is 0 Å². The Morgan fingerprint density at radius 2 is 1.21 bits per heavy atom. The van der Waals surface area contributed by atoms with Gasteiger partial charge in [-0.05, 0) is 23.1 Å². The van der Waals surface area contributed by atoms with Gasteiger partial charge in [0.25, 0.3) is 0 Å². The molecule has 0 aliphatic carbocycles. The van der Waals surface area contributed by atoms with Crippen molar-refractivity contribution in [1.82, 2.24) is 5.32 Å². The van der Waals surface area contributed by atoms with E-state index in [2.05, 4.69) is 5.32 Å². The van der Waals surface area contributed by atoms with E-state index in [9.17, 15) is 19.5 Å². The fraction of sp³-hybridized carbons (Fsp3) is 0.192. The van der Waals surface area contributed by atoms with Crippen molar-refractivity contribution < 1.29 is 24.2 Å². The van der Waals surface area contributed by atoms with Gasteiger partial charge in [-0.2, -0.15) is 0 Å². The molecule has 0 radical (unpaired) electrons. The fourth-order valence-corrected chi connectivity index (χ4v) is 2.93. The smallest absolute Gasteiger partial charge is 0.408 e. The zero-order chi connectivity index (χ0) is 24.8. The first-order chi connectivity index (χ1) is 16.3. The van der Waals surface area contributed by atoms with Gasteiger partial charge in [-0.15, -0.1) is 0 Å². The molecule has 0 saturated carbocycles. The third kappa shape index (κ3) is 9.97. The maximum atomic E-state index is 11.7. The number of carboxylic acids is 1. The van der Waals surface area contributed by atoms with Crippen LogP contribution in [0.5, 0.6) is 0 Å². The van der Waals surface area contributed by atoms with E-state index in [0.29, 0.717) is 6.42 Å². The number of carbonyl (C=O) groups is 3. The molecule has 0 heterocycles. The van der Waals surface area contributed by atoms with E-state index in [0.717, 1.165) is 16.7 Å². The number of carbonyl (C=O) groups excluding carboxylic acids is 2. The van der Waals surface area contributed by atoms with E-state index in [-0.39, 0.29) is 13.0 Å². The Balaban J connectivity index is 0.000000287. The van der Waals surface area contributed by atoms with Crippen molar-refractivity contribution in [3.8, 4) is 0 Å². The van der Waals surface area contributed by atoms with E-state index >= 15 is 0 Å². The second-order valence-electron chi connectivity index (χ2n) is 7.49. The molecule has 0 saturated heterocycles. The molecule has 0 aliphatic rings. The monoisotopic (exact) mass is 463 g/mol. The van der Waals surface area contributed by atoms with Crippen LogP contribution in [0.1, 0.15) is 16.7 Å². The average Bonchev–Trinajstić information content (AvgIpc) is 2.84. The summed E-state index contributed by atoms with van der Waals surface area (Å²) in [5, 5.41) is 11.6. The highest BCUT2D eigenvalue weighted by atomic mass is 16.5. The number of rotatable bonds is 9. The predicted molar refractivity (Wildman–Crippen MR) is 129 cm³/mol. The van der Waals surface area contributed by atoms with E-state index in [1.807, 2.05) is 91.0 Å². The van der Waals surface area contributed by atoms with Crippen LogP contribution >= 0.6 is 0 Å². The average molecular weight is 464 g/mol. The SMILES string of the molecule is NC(=O)[C@@H](N)Cc1ccccc1.O=C(N[C@@H](Cc1ccccc1)C(=O)O)OCc1ccccc1. The molecule has 0 aromatic heterocycles. The van der Waals surface area contributed by atoms with Crippen LogP contribution in [-0.2, 0) is 33.8 Å². The van der Waals surface area contributed by atoms with Gasteiger partial charge in [0.2, 0.25) is 5.91 Å². The van der Waals surface area contributed by atoms with Gasteiger partial charge in [0.1, 0.15) is 12.6 Å². The number of nitrogens with one attached hydrogen (secondary N) is 1. The van der Waals surface area contributed by atoms with Crippen LogP contribution in [0.4, 0.5) is 4.79 Å². The number of hydrogen-bond donors (Lipinski definition) is 4. The maximum Gasteiger partial charge on any atom is 0.408 e. The number of ether oxygens (including phenoxy) is 1. The molecule has 8 heteroatoms. The first-order valence-electron chi connectivity index (χ1n) is 10.7. The molecule has 0 aliphatic heterocycles. The molecule has 6 N–H and O–H groups in total. The molecule has 0 spiro atoms. The first-order valence-corrected chi connectivity index (χ1v) is 10.7. The summed E-state index contributed by atoms with van der Waals surface area (Å²) in [6.45, 7) is 0.102. The number of primary amides is 1. The van der Waals surface area contributed by atoms with Crippen molar-refractivity contribution in [2.24, 2.45) is 11.5 Å². The van der Waals surface area contributed by atoms with Gasteiger partial charge >= 0.3 is 12.1 Å². The Morgan fingerprint density at radius 3 is 1.65 bits per heavy atom. The molecular formula is C26H29N3O5. The van der Waals surface area contributed by atoms with Crippen molar-refractivity contribution in [2.75, 3.05) is 0 Å². The predicted octanol–water partition coefficient (Wildman–Crippen LogP) is 2.65. The van der Waals surface area contributed by atoms with Gasteiger partial charge < -0.3 is 26.6 Å². The standard InChI is InChI=1S/C17H17NO4.C9H12N2O/c19-16(20)15(11-13-7-3-1-4-8-13)18-17(21)22-12-14-9-5-2-6-10-14;10-8(9(11)12)6-7-4-2-1-3-5-7/h1-10,15H,11-12H2,(H,18,21)(H,19,20);1-5,8H,6,10H2,(H2,11,12)/t15-;8-/m00/s1. The number of aliphatic carboxylic acids is 1. The van der Waals surface area contributed by atoms with Crippen LogP contribution in [0.25, 0.3) is 0 Å². The quantitative estimate of drug-likeness (QED) is 0.384. The zero-order valence-electron chi connectivity index (χ0n) is 18.7. The van der Waals surface area contributed by atoms with E-state index in [4.69, 9.17) is 16.2 Å². The fourth-order valence-electron chi connectivity index (χ4n) is 2.93. The number of hydrogen-bond acceptors (Lipinski definition) is 5. The third-order valence-electron chi connectivity index (χ3n) is 4.75. The summed E-state index contributed by atoms with van der Waals surface area (Å²) in [5.74, 6) is -1.56. The summed E-state index contributed by atoms with van der Waals surface area (Å²) < 4.78 is 5.03. The lowest BCUT2D eigenvalue weighted by molar-refractivity contribution is -0.139. The van der Waals surface area contributed by atoms with Crippen LogP contribution in [0, 0.1) is 0 Å². The second kappa shape index (κ2) is 14.1. The lowest BCUT2D eigenvalue weighted by Gasteiger charge is -2.14. The first kappa shape index (κ1) is 26.1. The number of carboxylic acid groups (broad SMARTS) is 1. The Morgan fingerprint density at radius 1 is 0.765 bits per heavy atom. The van der Waals surface area contributed by atoms with E-state index in [1.54, 1.807) is 0 Å². The Labute approximate surface area is 198 Å². The number of amides is 2. The van der Waals surface area contributed by atoms with Crippen LogP contribution in [0.3, 0.4) is 0 Å². The minimum atomic E-state index is -1.10. The molecule has 0 unspecified atom stereocenters. The third-order valence-corrected chi connectivity index (χ3v) is 4.75. The van der Waals surface area contributed by atoms with Crippen LogP contribution in [0.2, 0.25) is 0 Å². The summed E-state index contributed by atoms with van der Waals surface area (Å²) in [7, 11) is 0. The summed E-state index contributed by atoms with van der Waals surface area (Å²) in [5.41, 5.74) is 13.2. The van der Waals surface area contributed by atoms with E-state index < -0.39 is 30.1 Å². The van der Waals surface area contributed by atoms with Gasteiger partial charge in [0, 0.05) is 6.42 Å². The highest BCUT2D eigenvalue weighted by Gasteiger charge is 2.21. The summed E-state index contributed by atoms with van der Waals surface area (Å²) >= 11 is 0. The number of benzene rings is 3. The van der Waals surface area contributed by atoms with Crippen molar-refractivity contribution in [2.45, 2.75) is 31.5 Å². The highest BCUT2D eigenvalue weighted by Crippen LogP contribution is 2.05. The van der Waals surface area contributed by atoms with Crippen LogP contribution in [-0.4, -0.2) is 35.2 Å². The number of nitrogens with two attached hydrogens (primary N) is 2. The molecule has 2 atom stereocenters. The normalized spacial score (nSPS) is 11.8. The molecule has 8 nitrogen and oxygen atoms in total. The molecular weight excluding hydrogens is 434 g/mol. The minimum Gasteiger partial charge on any atom is -0.480 e. The van der Waals surface area contributed by atoms with Crippen LogP contribution < -0.4 is 16.8 Å². The van der Waals surface area contributed by atoms with Crippen molar-refractivity contribution in [3.05, 3.63) is 108 Å². The molecule has 3 aromatic carbocycles. The second-order valence-corrected chi connectivity index (χ2v) is 7.49. The molecule has 3 aromatic rings. The van der Waals surface area contributed by atoms with Gasteiger partial charge in [0.15, 0.2) is 0 Å². The largest absolute Gasteiger partial charge is 0.480 e. The molecule has 178 valence electrons. The Bertz CT molecular complexity index is 1030. The van der Waals surface area contributed by atoms with Gasteiger partial charge in [-0.1, -0.05) is 91.0 Å². The van der Waals surface area contributed by atoms with Crippen molar-refractivity contribution in [1.29, 1.82) is 0 Å². The minimum absolute atomic E-state index is 0.102. The topological polar surface area (TPSA) is 145 Å². The molecule has 0 bridgehead atoms. The molecule has 3 rings (SSSR count). The van der Waals surface area contributed by atoms with Gasteiger partial charge in [-0.25, -0.2) is 9.59 Å². The highest BCUT2D eigenvalue weighted by molar-refractivity contribution is 5.80. The summed E-state index contributed by atoms with van der Waals surface area (Å²) in [6, 6.07) is 26.3. The molecule has 34 heavy (non-hydrogen) atoms. The summed E-state index contributed by atoms with van der Waals surface area (Å²) in [4.78, 5) is 33.6. The lowest BCUT2D eigenvalue weighted by Crippen LogP contribution is -2.42. The maximum absolute atomic E-state index is 11.7. The number of alkyl carbamates (subject to hydrolysis) is 1. The molecule has 0 fully saturated rings.